The molecule has 1 aromatic carbocycles. The van der Waals surface area contributed by atoms with E-state index in [0.717, 1.165) is 28.1 Å². The average Bonchev–Trinajstić information content (AvgIpc) is 3.52. The van der Waals surface area contributed by atoms with Crippen LogP contribution in [0.2, 0.25) is 0 Å². The van der Waals surface area contributed by atoms with Crippen LogP contribution in [0.25, 0.3) is 27.8 Å². The molecule has 4 aromatic heterocycles. The number of hydrogen-bond donors (Lipinski definition) is 1. The van der Waals surface area contributed by atoms with Gasteiger partial charge in [-0.3, -0.25) is 9.58 Å². The summed E-state index contributed by atoms with van der Waals surface area (Å²) in [6.07, 6.45) is 7.29. The topological polar surface area (TPSA) is 104 Å². The number of aryl methyl sites for hydroxylation is 1. The van der Waals surface area contributed by atoms with Crippen molar-refractivity contribution >= 4 is 17.2 Å². The summed E-state index contributed by atoms with van der Waals surface area (Å²) in [7, 11) is 1.85. The van der Waals surface area contributed by atoms with Gasteiger partial charge in [0.15, 0.2) is 5.82 Å². The van der Waals surface area contributed by atoms with Crippen LogP contribution in [-0.2, 0) is 13.6 Å². The first kappa shape index (κ1) is 24.5. The maximum absolute atomic E-state index is 14.1. The van der Waals surface area contributed by atoms with E-state index in [0.29, 0.717) is 37.3 Å². The van der Waals surface area contributed by atoms with Crippen LogP contribution in [0.1, 0.15) is 11.1 Å². The second-order valence-electron chi connectivity index (χ2n) is 9.58. The van der Waals surface area contributed by atoms with Gasteiger partial charge < -0.3 is 10.6 Å². The fourth-order valence-electron chi connectivity index (χ4n) is 5.03. The molecule has 11 heteroatoms. The molecule has 5 aromatic rings. The number of pyridine rings is 2. The first-order valence-electron chi connectivity index (χ1n) is 12.5. The van der Waals surface area contributed by atoms with Gasteiger partial charge in [0.25, 0.3) is 0 Å². The van der Waals surface area contributed by atoms with Crippen molar-refractivity contribution in [3.8, 4) is 28.3 Å². The Kier molecular flexibility index (Phi) is 6.17. The van der Waals surface area contributed by atoms with Crippen LogP contribution in [0.3, 0.4) is 0 Å². The maximum Gasteiger partial charge on any atom is 0.164 e. The largest absolute Gasteiger partial charge is 0.381 e. The number of aromatic nitrogens is 5. The lowest BCUT2D eigenvalue weighted by atomic mass is 10.0. The van der Waals surface area contributed by atoms with E-state index in [1.807, 2.05) is 42.5 Å². The molecule has 0 spiro atoms. The first-order chi connectivity index (χ1) is 18.9. The molecular formula is C28H25F2N9. The summed E-state index contributed by atoms with van der Waals surface area (Å²) >= 11 is 0. The van der Waals surface area contributed by atoms with Crippen molar-refractivity contribution in [2.45, 2.75) is 6.54 Å². The van der Waals surface area contributed by atoms with Gasteiger partial charge in [-0.1, -0.05) is 6.07 Å². The summed E-state index contributed by atoms with van der Waals surface area (Å²) < 4.78 is 31.5. The molecule has 0 atom stereocenters. The Bertz CT molecular complexity index is 1690. The van der Waals surface area contributed by atoms with Crippen LogP contribution in [0.15, 0.2) is 61.2 Å². The number of nitrogen functional groups attached to an aromatic ring is 1. The fraction of sp³-hybridized carbons (Fsp3) is 0.214. The van der Waals surface area contributed by atoms with Crippen molar-refractivity contribution in [2.75, 3.05) is 36.8 Å². The molecule has 0 unspecified atom stereocenters. The Morgan fingerprint density at radius 3 is 2.38 bits per heavy atom. The zero-order chi connectivity index (χ0) is 27.1. The molecule has 5 heterocycles. The minimum atomic E-state index is -0.518. The molecule has 9 nitrogen and oxygen atoms in total. The van der Waals surface area contributed by atoms with Gasteiger partial charge in [0, 0.05) is 86.2 Å². The van der Waals surface area contributed by atoms with Gasteiger partial charge in [-0.15, -0.1) is 5.10 Å². The monoisotopic (exact) mass is 525 g/mol. The van der Waals surface area contributed by atoms with Crippen LogP contribution in [0, 0.1) is 23.0 Å². The third kappa shape index (κ3) is 4.55. The molecule has 39 heavy (non-hydrogen) atoms. The standard InChI is InChI=1S/C28H25F2N9/c1-36-15-20(14-34-36)19-11-21(27-22(12-31)28(32)35-39(27)16-19)18-5-6-26(33-13-18)38-9-7-37(8-10-38)17-23-24(29)3-2-4-25(23)30/h2-6,11,13-16H,7-10,17H2,1H3,(H2,32,35). The highest BCUT2D eigenvalue weighted by molar-refractivity contribution is 5.90. The van der Waals surface area contributed by atoms with E-state index in [4.69, 9.17) is 10.7 Å². The van der Waals surface area contributed by atoms with E-state index in [9.17, 15) is 14.0 Å². The number of nitrogens with two attached hydrogens (primary N) is 1. The van der Waals surface area contributed by atoms with Gasteiger partial charge in [-0.2, -0.15) is 10.4 Å². The van der Waals surface area contributed by atoms with Gasteiger partial charge in [-0.05, 0) is 30.3 Å². The predicted octanol–water partition coefficient (Wildman–Crippen LogP) is 3.85. The highest BCUT2D eigenvalue weighted by Gasteiger charge is 2.22. The Balaban J connectivity index is 1.25. The van der Waals surface area contributed by atoms with Gasteiger partial charge in [0.05, 0.1) is 11.7 Å². The number of rotatable bonds is 5. The summed E-state index contributed by atoms with van der Waals surface area (Å²) in [5, 5.41) is 18.4. The highest BCUT2D eigenvalue weighted by atomic mass is 19.1. The molecule has 0 amide bonds. The van der Waals surface area contributed by atoms with E-state index >= 15 is 0 Å². The third-order valence-corrected chi connectivity index (χ3v) is 7.10. The van der Waals surface area contributed by atoms with E-state index in [2.05, 4.69) is 21.2 Å². The van der Waals surface area contributed by atoms with Crippen LogP contribution in [0.5, 0.6) is 0 Å². The molecule has 6 rings (SSSR count). The number of anilines is 2. The number of piperazine rings is 1. The van der Waals surface area contributed by atoms with Gasteiger partial charge in [0.1, 0.15) is 29.1 Å². The lowest BCUT2D eigenvalue weighted by molar-refractivity contribution is 0.242. The van der Waals surface area contributed by atoms with Crippen LogP contribution in [-0.4, -0.2) is 55.5 Å². The quantitative estimate of drug-likeness (QED) is 0.372. The minimum Gasteiger partial charge on any atom is -0.381 e. The molecule has 1 aliphatic heterocycles. The molecule has 1 aliphatic rings. The molecule has 0 bridgehead atoms. The number of hydrogen-bond acceptors (Lipinski definition) is 7. The van der Waals surface area contributed by atoms with Gasteiger partial charge >= 0.3 is 0 Å². The Morgan fingerprint density at radius 2 is 1.74 bits per heavy atom. The molecule has 196 valence electrons. The van der Waals surface area contributed by atoms with Crippen molar-refractivity contribution in [1.29, 1.82) is 5.26 Å². The lowest BCUT2D eigenvalue weighted by Crippen LogP contribution is -2.46. The zero-order valence-corrected chi connectivity index (χ0v) is 21.2. The lowest BCUT2D eigenvalue weighted by Gasteiger charge is -2.35. The summed E-state index contributed by atoms with van der Waals surface area (Å²) in [6.45, 7) is 2.91. The average molecular weight is 526 g/mol. The summed E-state index contributed by atoms with van der Waals surface area (Å²) in [6, 6.07) is 12.0. The van der Waals surface area contributed by atoms with Gasteiger partial charge in [-0.25, -0.2) is 18.3 Å². The van der Waals surface area contributed by atoms with Crippen LogP contribution >= 0.6 is 0 Å². The molecule has 0 saturated carbocycles. The Morgan fingerprint density at radius 1 is 0.974 bits per heavy atom. The van der Waals surface area contributed by atoms with Crippen LogP contribution in [0.4, 0.5) is 20.4 Å². The maximum atomic E-state index is 14.1. The SMILES string of the molecule is Cn1cc(-c2cc(-c3ccc(N4CCN(Cc5c(F)cccc5F)CC4)nc3)c3c(C#N)c(N)nn3c2)cn1. The fourth-order valence-corrected chi connectivity index (χ4v) is 5.03. The minimum absolute atomic E-state index is 0.102. The zero-order valence-electron chi connectivity index (χ0n) is 21.2. The van der Waals surface area contributed by atoms with Crippen molar-refractivity contribution in [1.82, 2.24) is 29.3 Å². The highest BCUT2D eigenvalue weighted by Crippen LogP contribution is 2.34. The van der Waals surface area contributed by atoms with Gasteiger partial charge in [0.2, 0.25) is 0 Å². The molecule has 2 N–H and O–H groups in total. The van der Waals surface area contributed by atoms with Crippen molar-refractivity contribution in [2.24, 2.45) is 7.05 Å². The van der Waals surface area contributed by atoms with E-state index < -0.39 is 11.6 Å². The van der Waals surface area contributed by atoms with Crippen LogP contribution < -0.4 is 10.6 Å². The smallest absolute Gasteiger partial charge is 0.164 e. The first-order valence-corrected chi connectivity index (χ1v) is 12.5. The third-order valence-electron chi connectivity index (χ3n) is 7.10. The molecule has 1 saturated heterocycles. The molecule has 0 aliphatic carbocycles. The summed E-state index contributed by atoms with van der Waals surface area (Å²) in [5.74, 6) is -0.0602. The van der Waals surface area contributed by atoms with E-state index in [-0.39, 0.29) is 17.9 Å². The summed E-state index contributed by atoms with van der Waals surface area (Å²) in [4.78, 5) is 8.91. The van der Waals surface area contributed by atoms with E-state index in [1.165, 1.54) is 18.2 Å². The number of nitrogens with zero attached hydrogens (tertiary/aromatic N) is 8. The molecule has 0 radical (unpaired) electrons. The second kappa shape index (κ2) is 9.81. The second-order valence-corrected chi connectivity index (χ2v) is 9.58. The van der Waals surface area contributed by atoms with E-state index in [1.54, 1.807) is 21.6 Å². The van der Waals surface area contributed by atoms with Crippen molar-refractivity contribution in [3.63, 3.8) is 0 Å². The number of halogens is 2. The Labute approximate surface area is 223 Å². The number of benzene rings is 1. The van der Waals surface area contributed by atoms with Crippen molar-refractivity contribution < 1.29 is 8.78 Å². The summed E-state index contributed by atoms with van der Waals surface area (Å²) in [5.41, 5.74) is 10.5. The number of nitriles is 1. The molecule has 1 fully saturated rings. The molecular weight excluding hydrogens is 500 g/mol. The van der Waals surface area contributed by atoms with Crippen molar-refractivity contribution in [3.05, 3.63) is 83.9 Å². The predicted molar refractivity (Wildman–Crippen MR) is 144 cm³/mol. The number of fused-ring (bicyclic) bond motifs is 1. The normalized spacial score (nSPS) is 14.2. The Hall–Kier alpha value is -4.82.